The lowest BCUT2D eigenvalue weighted by molar-refractivity contribution is -0.113. The Morgan fingerprint density at radius 2 is 2.42 bits per heavy atom. The van der Waals surface area contributed by atoms with Gasteiger partial charge in [-0.1, -0.05) is 11.8 Å². The first-order valence-electron chi connectivity index (χ1n) is 8.00. The standard InChI is InChI=1S/C16H14N6O2S2/c17-7-12-11-4-1-5-13(11)26-15(12)18-14(23)9-25-16-19-20-21-22(16)8-10-3-2-6-24-10/h2-3,6H,1,4-5,8-9H2,(H,18,23). The summed E-state index contributed by atoms with van der Waals surface area (Å²) in [5.41, 5.74) is 1.71. The zero-order chi connectivity index (χ0) is 17.9. The summed E-state index contributed by atoms with van der Waals surface area (Å²) < 4.78 is 6.87. The maximum absolute atomic E-state index is 12.3. The predicted molar refractivity (Wildman–Crippen MR) is 96.0 cm³/mol. The van der Waals surface area contributed by atoms with Crippen LogP contribution in [0.2, 0.25) is 0 Å². The van der Waals surface area contributed by atoms with Crippen molar-refractivity contribution in [2.24, 2.45) is 0 Å². The van der Waals surface area contributed by atoms with Gasteiger partial charge in [-0.2, -0.15) is 5.26 Å². The molecule has 0 saturated heterocycles. The number of rotatable bonds is 6. The summed E-state index contributed by atoms with van der Waals surface area (Å²) in [4.78, 5) is 13.5. The Labute approximate surface area is 157 Å². The highest BCUT2D eigenvalue weighted by Gasteiger charge is 2.23. The fourth-order valence-corrected chi connectivity index (χ4v) is 4.79. The van der Waals surface area contributed by atoms with Gasteiger partial charge in [0, 0.05) is 4.88 Å². The van der Waals surface area contributed by atoms with Crippen molar-refractivity contribution in [2.75, 3.05) is 11.1 Å². The zero-order valence-electron chi connectivity index (χ0n) is 13.6. The Morgan fingerprint density at radius 1 is 1.50 bits per heavy atom. The highest BCUT2D eigenvalue weighted by atomic mass is 32.2. The van der Waals surface area contributed by atoms with E-state index >= 15 is 0 Å². The average molecular weight is 386 g/mol. The number of aromatic nitrogens is 4. The van der Waals surface area contributed by atoms with Crippen LogP contribution < -0.4 is 5.32 Å². The van der Waals surface area contributed by atoms with Crippen LogP contribution in [0.25, 0.3) is 0 Å². The molecular formula is C16H14N6O2S2. The van der Waals surface area contributed by atoms with Gasteiger partial charge < -0.3 is 9.73 Å². The summed E-state index contributed by atoms with van der Waals surface area (Å²) in [6.07, 6.45) is 4.57. The summed E-state index contributed by atoms with van der Waals surface area (Å²) in [6, 6.07) is 5.86. The van der Waals surface area contributed by atoms with Gasteiger partial charge in [-0.15, -0.1) is 16.4 Å². The zero-order valence-corrected chi connectivity index (χ0v) is 15.3. The third kappa shape index (κ3) is 3.36. The molecule has 0 radical (unpaired) electrons. The molecule has 1 aliphatic carbocycles. The number of nitrogens with one attached hydrogen (secondary N) is 1. The van der Waals surface area contributed by atoms with Gasteiger partial charge in [0.1, 0.15) is 23.4 Å². The van der Waals surface area contributed by atoms with Gasteiger partial charge in [-0.3, -0.25) is 4.79 Å². The van der Waals surface area contributed by atoms with E-state index in [0.717, 1.165) is 30.6 Å². The van der Waals surface area contributed by atoms with Gasteiger partial charge >= 0.3 is 0 Å². The van der Waals surface area contributed by atoms with Crippen molar-refractivity contribution in [1.82, 2.24) is 20.2 Å². The van der Waals surface area contributed by atoms with Crippen LogP contribution in [0.1, 0.15) is 28.2 Å². The Kier molecular flexibility index (Phi) is 4.73. The molecule has 8 nitrogen and oxygen atoms in total. The molecule has 1 aliphatic rings. The molecule has 0 aromatic carbocycles. The smallest absolute Gasteiger partial charge is 0.235 e. The maximum atomic E-state index is 12.3. The van der Waals surface area contributed by atoms with Gasteiger partial charge in [0.05, 0.1) is 17.6 Å². The number of hydrogen-bond donors (Lipinski definition) is 1. The van der Waals surface area contributed by atoms with Crippen LogP contribution in [0.15, 0.2) is 28.0 Å². The lowest BCUT2D eigenvalue weighted by Gasteiger charge is -2.04. The minimum absolute atomic E-state index is 0.159. The summed E-state index contributed by atoms with van der Waals surface area (Å²) >= 11 is 2.75. The summed E-state index contributed by atoms with van der Waals surface area (Å²) in [6.45, 7) is 0.403. The molecule has 132 valence electrons. The molecule has 0 saturated carbocycles. The minimum Gasteiger partial charge on any atom is -0.467 e. The lowest BCUT2D eigenvalue weighted by Crippen LogP contribution is -2.15. The number of carbonyl (C=O) groups is 1. The van der Waals surface area contributed by atoms with Crippen LogP contribution in [0.4, 0.5) is 5.00 Å². The van der Waals surface area contributed by atoms with Crippen molar-refractivity contribution in [3.63, 3.8) is 0 Å². The molecule has 0 atom stereocenters. The van der Waals surface area contributed by atoms with Crippen molar-refractivity contribution in [3.8, 4) is 6.07 Å². The van der Waals surface area contributed by atoms with Gasteiger partial charge in [0.25, 0.3) is 0 Å². The predicted octanol–water partition coefficient (Wildman–Crippen LogP) is 2.47. The fraction of sp³-hybridized carbons (Fsp3) is 0.312. The first kappa shape index (κ1) is 16.8. The molecular weight excluding hydrogens is 372 g/mol. The van der Waals surface area contributed by atoms with E-state index < -0.39 is 0 Å². The van der Waals surface area contributed by atoms with E-state index in [1.165, 1.54) is 28.0 Å². The van der Waals surface area contributed by atoms with Crippen molar-refractivity contribution in [1.29, 1.82) is 5.26 Å². The molecule has 0 fully saturated rings. The number of fused-ring (bicyclic) bond motifs is 1. The molecule has 3 aromatic rings. The quantitative estimate of drug-likeness (QED) is 0.648. The van der Waals surface area contributed by atoms with E-state index in [1.54, 1.807) is 17.0 Å². The number of amides is 1. The molecule has 1 N–H and O–H groups in total. The van der Waals surface area contributed by atoms with Crippen molar-refractivity contribution in [2.45, 2.75) is 31.0 Å². The first-order chi connectivity index (χ1) is 12.7. The second-order valence-corrected chi connectivity index (χ2v) is 7.76. The van der Waals surface area contributed by atoms with Crippen molar-refractivity contribution >= 4 is 34.0 Å². The molecule has 1 amide bonds. The highest BCUT2D eigenvalue weighted by molar-refractivity contribution is 7.99. The highest BCUT2D eigenvalue weighted by Crippen LogP contribution is 2.38. The second kappa shape index (κ2) is 7.31. The van der Waals surface area contributed by atoms with E-state index in [9.17, 15) is 10.1 Å². The number of hydrogen-bond acceptors (Lipinski definition) is 8. The average Bonchev–Trinajstić information content (AvgIpc) is 3.38. The molecule has 3 heterocycles. The van der Waals surface area contributed by atoms with Gasteiger partial charge in [0.2, 0.25) is 11.1 Å². The molecule has 0 aliphatic heterocycles. The van der Waals surface area contributed by atoms with Crippen molar-refractivity contribution < 1.29 is 9.21 Å². The van der Waals surface area contributed by atoms with Crippen LogP contribution in [-0.2, 0) is 24.2 Å². The fourth-order valence-electron chi connectivity index (χ4n) is 2.85. The Hall–Kier alpha value is -2.64. The number of nitrogens with zero attached hydrogens (tertiary/aromatic N) is 5. The van der Waals surface area contributed by atoms with E-state index in [0.29, 0.717) is 22.3 Å². The minimum atomic E-state index is -0.182. The molecule has 0 bridgehead atoms. The molecule has 10 heteroatoms. The van der Waals surface area contributed by atoms with E-state index in [4.69, 9.17) is 4.42 Å². The lowest BCUT2D eigenvalue weighted by atomic mass is 10.1. The number of furan rings is 1. The van der Waals surface area contributed by atoms with Crippen LogP contribution in [0.3, 0.4) is 0 Å². The number of nitriles is 1. The normalized spacial score (nSPS) is 12.7. The number of thiophene rings is 1. The van der Waals surface area contributed by atoms with E-state index in [2.05, 4.69) is 26.9 Å². The number of carbonyl (C=O) groups excluding carboxylic acids is 1. The molecule has 0 spiro atoms. The summed E-state index contributed by atoms with van der Waals surface area (Å²) in [5.74, 6) is 0.709. The van der Waals surface area contributed by atoms with Gasteiger partial charge in [-0.05, 0) is 47.4 Å². The topological polar surface area (TPSA) is 110 Å². The molecule has 3 aromatic heterocycles. The SMILES string of the molecule is N#Cc1c(NC(=O)CSc2nnnn2Cc2ccco2)sc2c1CCC2. The van der Waals surface area contributed by atoms with Crippen LogP contribution in [0, 0.1) is 11.3 Å². The monoisotopic (exact) mass is 386 g/mol. The van der Waals surface area contributed by atoms with Crippen molar-refractivity contribution in [3.05, 3.63) is 40.2 Å². The van der Waals surface area contributed by atoms with Crippen LogP contribution in [0.5, 0.6) is 0 Å². The maximum Gasteiger partial charge on any atom is 0.235 e. The van der Waals surface area contributed by atoms with Gasteiger partial charge in [0.15, 0.2) is 0 Å². The molecule has 26 heavy (non-hydrogen) atoms. The molecule has 0 unspecified atom stereocenters. The number of anilines is 1. The third-order valence-electron chi connectivity index (χ3n) is 4.00. The number of thioether (sulfide) groups is 1. The van der Waals surface area contributed by atoms with E-state index in [1.807, 2.05) is 6.07 Å². The van der Waals surface area contributed by atoms with Crippen LogP contribution >= 0.6 is 23.1 Å². The third-order valence-corrected chi connectivity index (χ3v) is 6.17. The summed E-state index contributed by atoms with van der Waals surface area (Å²) in [5, 5.41) is 24.9. The summed E-state index contributed by atoms with van der Waals surface area (Å²) in [7, 11) is 0. The molecule has 4 rings (SSSR count). The first-order valence-corrected chi connectivity index (χ1v) is 9.80. The van der Waals surface area contributed by atoms with Crippen LogP contribution in [-0.4, -0.2) is 31.9 Å². The Bertz CT molecular complexity index is 970. The largest absolute Gasteiger partial charge is 0.467 e. The number of tetrazole rings is 1. The second-order valence-electron chi connectivity index (χ2n) is 5.71. The van der Waals surface area contributed by atoms with E-state index in [-0.39, 0.29) is 11.7 Å². The Balaban J connectivity index is 1.38. The Morgan fingerprint density at radius 3 is 3.23 bits per heavy atom. The number of aryl methyl sites for hydroxylation is 1. The van der Waals surface area contributed by atoms with Gasteiger partial charge in [-0.25, -0.2) is 4.68 Å².